The minimum absolute atomic E-state index is 0.0535. The van der Waals surface area contributed by atoms with E-state index in [0.717, 1.165) is 20.9 Å². The van der Waals surface area contributed by atoms with Gasteiger partial charge in [0, 0.05) is 11.7 Å². The predicted octanol–water partition coefficient (Wildman–Crippen LogP) is 7.68. The lowest BCUT2D eigenvalue weighted by molar-refractivity contribution is 0.536. The molecule has 156 valence electrons. The summed E-state index contributed by atoms with van der Waals surface area (Å²) < 4.78 is 49.3. The maximum atomic E-state index is 16.7. The van der Waals surface area contributed by atoms with Crippen LogP contribution in [-0.2, 0) is 0 Å². The summed E-state index contributed by atoms with van der Waals surface area (Å²) >= 11 is 0. The summed E-state index contributed by atoms with van der Waals surface area (Å²) in [5.41, 5.74) is 3.03. The lowest BCUT2D eigenvalue weighted by atomic mass is 10.1. The molecule has 0 heterocycles. The quantitative estimate of drug-likeness (QED) is 0.294. The van der Waals surface area contributed by atoms with Gasteiger partial charge in [-0.15, -0.1) is 0 Å². The van der Waals surface area contributed by atoms with Crippen LogP contribution in [0.15, 0.2) is 12.1 Å². The average Bonchev–Trinajstić information content (AvgIpc) is 2.38. The van der Waals surface area contributed by atoms with Gasteiger partial charge < -0.3 is 4.23 Å². The zero-order valence-corrected chi connectivity index (χ0v) is 20.6. The molecule has 0 radical (unpaired) electrons. The summed E-state index contributed by atoms with van der Waals surface area (Å²) in [5, 5.41) is 0. The SMILES string of the molecule is Cc1cc(C)c(N([Si](F)(F)CC(C)C)[Si](F)(CC(C)C)CC(C)C)c(C)c1. The minimum atomic E-state index is -4.97. The fourth-order valence-electron chi connectivity index (χ4n) is 4.28. The molecule has 1 nitrogen and oxygen atoms in total. The standard InChI is InChI=1S/C21H38F3NSi2/c1-15(2)12-26(22,13-16(3)4)25(27(23,24)14-17(5)6)21-19(8)10-18(7)11-20(21)9/h10-11,15-17H,12-14H2,1-9H3. The lowest BCUT2D eigenvalue weighted by Crippen LogP contribution is -2.64. The average molecular weight is 418 g/mol. The van der Waals surface area contributed by atoms with E-state index in [0.29, 0.717) is 5.69 Å². The van der Waals surface area contributed by atoms with Crippen LogP contribution in [0.5, 0.6) is 0 Å². The van der Waals surface area contributed by atoms with E-state index >= 15 is 12.3 Å². The number of hydrogen-bond acceptors (Lipinski definition) is 1. The molecule has 1 aromatic carbocycles. The van der Waals surface area contributed by atoms with Crippen LogP contribution >= 0.6 is 0 Å². The molecular formula is C21H38F3NSi2. The van der Waals surface area contributed by atoms with E-state index in [1.165, 1.54) is 0 Å². The zero-order chi connectivity index (χ0) is 21.2. The van der Waals surface area contributed by atoms with Gasteiger partial charge in [-0.05, 0) is 61.7 Å². The van der Waals surface area contributed by atoms with Crippen molar-refractivity contribution in [3.8, 4) is 0 Å². The highest BCUT2D eigenvalue weighted by Gasteiger charge is 2.57. The topological polar surface area (TPSA) is 3.24 Å². The highest BCUT2D eigenvalue weighted by molar-refractivity contribution is 6.94. The number of aryl methyl sites for hydroxylation is 3. The first-order valence-electron chi connectivity index (χ1n) is 10.1. The fraction of sp³-hybridized carbons (Fsp3) is 0.714. The van der Waals surface area contributed by atoms with Gasteiger partial charge in [0.1, 0.15) is 0 Å². The van der Waals surface area contributed by atoms with Gasteiger partial charge in [0.05, 0.1) is 0 Å². The highest BCUT2D eigenvalue weighted by Crippen LogP contribution is 2.43. The first-order valence-corrected chi connectivity index (χ1v) is 14.3. The molecule has 0 aromatic heterocycles. The van der Waals surface area contributed by atoms with Crippen molar-refractivity contribution in [3.05, 3.63) is 28.8 Å². The van der Waals surface area contributed by atoms with Gasteiger partial charge in [0.25, 0.3) is 0 Å². The third-order valence-corrected chi connectivity index (χ3v) is 13.0. The number of halogens is 3. The molecule has 0 fully saturated rings. The van der Waals surface area contributed by atoms with Gasteiger partial charge in [-0.3, -0.25) is 4.11 Å². The number of rotatable bonds is 9. The van der Waals surface area contributed by atoms with Crippen LogP contribution in [0, 0.1) is 38.5 Å². The maximum Gasteiger partial charge on any atom is 0.531 e. The van der Waals surface area contributed by atoms with E-state index in [1.54, 1.807) is 13.8 Å². The van der Waals surface area contributed by atoms with Crippen molar-refractivity contribution >= 4 is 23.2 Å². The van der Waals surface area contributed by atoms with E-state index in [2.05, 4.69) is 0 Å². The van der Waals surface area contributed by atoms with E-state index in [9.17, 15) is 0 Å². The van der Waals surface area contributed by atoms with Crippen LogP contribution in [0.25, 0.3) is 0 Å². The van der Waals surface area contributed by atoms with Gasteiger partial charge in [-0.2, -0.15) is 0 Å². The summed E-state index contributed by atoms with van der Waals surface area (Å²) in [4.78, 5) is 0. The molecule has 0 spiro atoms. The third kappa shape index (κ3) is 6.38. The van der Waals surface area contributed by atoms with Crippen LogP contribution in [0.1, 0.15) is 58.2 Å². The Morgan fingerprint density at radius 1 is 0.741 bits per heavy atom. The molecule has 1 aromatic rings. The number of anilines is 1. The second kappa shape index (κ2) is 9.16. The summed E-state index contributed by atoms with van der Waals surface area (Å²) in [6.07, 6.45) is 0. The van der Waals surface area contributed by atoms with Gasteiger partial charge in [0.15, 0.2) is 0 Å². The van der Waals surface area contributed by atoms with Gasteiger partial charge in [-0.25, -0.2) is 8.22 Å². The molecule has 0 aliphatic carbocycles. The van der Waals surface area contributed by atoms with Crippen molar-refractivity contribution in [1.29, 1.82) is 0 Å². The van der Waals surface area contributed by atoms with Gasteiger partial charge in [-0.1, -0.05) is 59.2 Å². The summed E-state index contributed by atoms with van der Waals surface area (Å²) in [5.74, 6) is -0.0489. The first-order chi connectivity index (χ1) is 12.2. The molecule has 0 saturated heterocycles. The Morgan fingerprint density at radius 3 is 1.44 bits per heavy atom. The molecule has 0 atom stereocenters. The highest BCUT2D eigenvalue weighted by atomic mass is 28.5. The van der Waals surface area contributed by atoms with Crippen LogP contribution in [0.3, 0.4) is 0 Å². The molecule has 1 rings (SSSR count). The van der Waals surface area contributed by atoms with Crippen molar-refractivity contribution in [2.24, 2.45) is 17.8 Å². The molecular weight excluding hydrogens is 379 g/mol. The first kappa shape index (κ1) is 24.3. The molecule has 0 N–H and O–H groups in total. The Bertz CT molecular complexity index is 597. The van der Waals surface area contributed by atoms with E-state index in [4.69, 9.17) is 0 Å². The molecule has 0 aliphatic rings. The van der Waals surface area contributed by atoms with Crippen molar-refractivity contribution < 1.29 is 12.3 Å². The van der Waals surface area contributed by atoms with Crippen molar-refractivity contribution in [2.45, 2.75) is 80.4 Å². The Hall–Kier alpha value is -0.756. The lowest BCUT2D eigenvalue weighted by Gasteiger charge is -2.44. The zero-order valence-electron chi connectivity index (χ0n) is 18.6. The van der Waals surface area contributed by atoms with Crippen molar-refractivity contribution in [1.82, 2.24) is 0 Å². The minimum Gasteiger partial charge on any atom is -0.349 e. The normalized spacial score (nSPS) is 13.1. The van der Waals surface area contributed by atoms with Gasteiger partial charge in [0.2, 0.25) is 0 Å². The Kier molecular flexibility index (Phi) is 8.24. The van der Waals surface area contributed by atoms with E-state index < -0.39 is 17.5 Å². The van der Waals surface area contributed by atoms with E-state index in [-0.39, 0.29) is 35.9 Å². The van der Waals surface area contributed by atoms with Crippen LogP contribution < -0.4 is 4.23 Å². The van der Waals surface area contributed by atoms with Crippen molar-refractivity contribution in [3.63, 3.8) is 0 Å². The number of nitrogens with zero attached hydrogens (tertiary/aromatic N) is 1. The monoisotopic (exact) mass is 417 g/mol. The maximum absolute atomic E-state index is 16.7. The van der Waals surface area contributed by atoms with Crippen LogP contribution in [0.2, 0.25) is 18.1 Å². The smallest absolute Gasteiger partial charge is 0.349 e. The van der Waals surface area contributed by atoms with Gasteiger partial charge >= 0.3 is 17.5 Å². The fourth-order valence-corrected chi connectivity index (χ4v) is 13.1. The van der Waals surface area contributed by atoms with Crippen LogP contribution in [-0.4, -0.2) is 17.5 Å². The van der Waals surface area contributed by atoms with E-state index in [1.807, 2.05) is 60.6 Å². The Labute approximate surface area is 167 Å². The summed E-state index contributed by atoms with van der Waals surface area (Å²) in [6, 6.07) is 4.12. The van der Waals surface area contributed by atoms with Crippen LogP contribution in [0.4, 0.5) is 18.0 Å². The molecule has 0 aliphatic heterocycles. The molecule has 0 bridgehead atoms. The second-order valence-corrected chi connectivity index (χ2v) is 15.2. The van der Waals surface area contributed by atoms with Crippen molar-refractivity contribution in [2.75, 3.05) is 4.23 Å². The molecule has 0 unspecified atom stereocenters. The molecule has 0 amide bonds. The molecule has 6 heteroatoms. The molecule has 0 saturated carbocycles. The summed E-state index contributed by atoms with van der Waals surface area (Å²) in [6.45, 7) is 17.0. The Morgan fingerprint density at radius 2 is 1.11 bits per heavy atom. The number of hydrogen-bond donors (Lipinski definition) is 0. The number of benzene rings is 1. The Balaban J connectivity index is 3.72. The second-order valence-electron chi connectivity index (χ2n) is 9.46. The summed E-state index contributed by atoms with van der Waals surface area (Å²) in [7, 11) is -8.85. The molecule has 27 heavy (non-hydrogen) atoms. The largest absolute Gasteiger partial charge is 0.531 e. The third-order valence-electron chi connectivity index (χ3n) is 4.68. The predicted molar refractivity (Wildman–Crippen MR) is 117 cm³/mol.